The lowest BCUT2D eigenvalue weighted by Crippen LogP contribution is -2.45. The van der Waals surface area contributed by atoms with Crippen LogP contribution in [0.5, 0.6) is 0 Å². The largest absolute Gasteiger partial charge is 0.394 e. The number of carbonyl (C=O) groups excluding carboxylic acids is 1. The number of carbonyl (C=O) groups is 1. The molecular formula is C62H117NO3. The molecule has 2 atom stereocenters. The Bertz CT molecular complexity index is 1050. The molecule has 0 aliphatic carbocycles. The topological polar surface area (TPSA) is 69.6 Å². The number of aliphatic hydroxyl groups is 2. The zero-order valence-corrected chi connectivity index (χ0v) is 44.7. The molecule has 0 aromatic carbocycles. The fourth-order valence-corrected chi connectivity index (χ4v) is 9.36. The summed E-state index contributed by atoms with van der Waals surface area (Å²) in [6.45, 7) is 4.28. The lowest BCUT2D eigenvalue weighted by molar-refractivity contribution is -0.123. The van der Waals surface area contributed by atoms with Crippen molar-refractivity contribution in [2.24, 2.45) is 0 Å². The second-order valence-corrected chi connectivity index (χ2v) is 20.4. The van der Waals surface area contributed by atoms with Crippen molar-refractivity contribution in [3.63, 3.8) is 0 Å². The molecule has 0 radical (unpaired) electrons. The number of aliphatic hydroxyl groups excluding tert-OH is 2. The molecule has 3 N–H and O–H groups in total. The third-order valence-corrected chi connectivity index (χ3v) is 13.9. The number of amides is 1. The summed E-state index contributed by atoms with van der Waals surface area (Å²) >= 11 is 0. The van der Waals surface area contributed by atoms with E-state index in [0.29, 0.717) is 12.8 Å². The Kier molecular flexibility index (Phi) is 56.2. The fraction of sp³-hybridized carbons (Fsp3) is 0.855. The fourth-order valence-electron chi connectivity index (χ4n) is 9.36. The van der Waals surface area contributed by atoms with Crippen molar-refractivity contribution < 1.29 is 15.0 Å². The Balaban J connectivity index is 3.42. The van der Waals surface area contributed by atoms with Crippen LogP contribution in [0.4, 0.5) is 0 Å². The summed E-state index contributed by atoms with van der Waals surface area (Å²) in [4.78, 5) is 12.5. The van der Waals surface area contributed by atoms with Gasteiger partial charge in [-0.05, 0) is 51.4 Å². The summed E-state index contributed by atoms with van der Waals surface area (Å²) in [5, 5.41) is 23.4. The highest BCUT2D eigenvalue weighted by Crippen LogP contribution is 2.18. The van der Waals surface area contributed by atoms with Gasteiger partial charge in [0.2, 0.25) is 5.91 Å². The second-order valence-electron chi connectivity index (χ2n) is 20.4. The van der Waals surface area contributed by atoms with Crippen LogP contribution < -0.4 is 5.32 Å². The highest BCUT2D eigenvalue weighted by molar-refractivity contribution is 5.76. The minimum atomic E-state index is -0.659. The van der Waals surface area contributed by atoms with Crippen LogP contribution in [0.3, 0.4) is 0 Å². The first-order chi connectivity index (χ1) is 32.7. The highest BCUT2D eigenvalue weighted by Gasteiger charge is 2.20. The van der Waals surface area contributed by atoms with Crippen molar-refractivity contribution in [1.82, 2.24) is 5.32 Å². The molecule has 388 valence electrons. The van der Waals surface area contributed by atoms with E-state index in [9.17, 15) is 15.0 Å². The third kappa shape index (κ3) is 53.3. The zero-order valence-electron chi connectivity index (χ0n) is 44.7. The molecule has 0 aromatic heterocycles. The molecule has 0 rings (SSSR count). The molecule has 4 heteroatoms. The first kappa shape index (κ1) is 64.3. The molecule has 2 unspecified atom stereocenters. The standard InChI is InChI=1S/C62H117NO3/c1-3-5-7-9-11-13-15-17-19-21-23-25-26-27-28-29-30-31-32-33-34-35-36-38-40-42-44-46-48-50-52-54-56-58-62(66)63-60(59-64)61(65)57-55-53-51-49-47-45-43-41-39-37-24-22-20-18-16-14-12-10-8-6-4-2/h5,7,11,13,17,19,23,25,60-61,64-65H,3-4,6,8-10,12,14-16,18,20-22,24,26-59H2,1-2H3,(H,63,66)/b7-5-,13-11-,19-17-,25-23-. The zero-order chi connectivity index (χ0) is 47.7. The lowest BCUT2D eigenvalue weighted by Gasteiger charge is -2.22. The number of rotatable bonds is 55. The van der Waals surface area contributed by atoms with Crippen LogP contribution in [-0.4, -0.2) is 34.9 Å². The summed E-state index contributed by atoms with van der Waals surface area (Å²) in [7, 11) is 0. The van der Waals surface area contributed by atoms with Gasteiger partial charge in [0.25, 0.3) is 0 Å². The molecule has 0 aromatic rings. The van der Waals surface area contributed by atoms with Gasteiger partial charge < -0.3 is 15.5 Å². The van der Waals surface area contributed by atoms with Crippen LogP contribution in [0.2, 0.25) is 0 Å². The van der Waals surface area contributed by atoms with Gasteiger partial charge in [-0.2, -0.15) is 0 Å². The van der Waals surface area contributed by atoms with E-state index in [1.165, 1.54) is 244 Å². The molecule has 66 heavy (non-hydrogen) atoms. The monoisotopic (exact) mass is 924 g/mol. The maximum Gasteiger partial charge on any atom is 0.220 e. The third-order valence-electron chi connectivity index (χ3n) is 13.9. The van der Waals surface area contributed by atoms with Gasteiger partial charge in [-0.15, -0.1) is 0 Å². The average Bonchev–Trinajstić information content (AvgIpc) is 3.32. The minimum Gasteiger partial charge on any atom is -0.394 e. The SMILES string of the molecule is CC/C=C\C/C=C\C/C=C\C/C=C\CCCCCCCCCCCCCCCCCCCCCCC(=O)NC(CO)C(O)CCCCCCCCCCCCCCCCCCCCCCC. The number of hydrogen-bond donors (Lipinski definition) is 3. The van der Waals surface area contributed by atoms with Crippen molar-refractivity contribution in [3.05, 3.63) is 48.6 Å². The molecule has 0 aliphatic heterocycles. The molecular weight excluding hydrogens is 807 g/mol. The van der Waals surface area contributed by atoms with Crippen LogP contribution >= 0.6 is 0 Å². The molecule has 4 nitrogen and oxygen atoms in total. The Morgan fingerprint density at radius 3 is 1.00 bits per heavy atom. The van der Waals surface area contributed by atoms with E-state index in [2.05, 4.69) is 67.8 Å². The predicted molar refractivity (Wildman–Crippen MR) is 295 cm³/mol. The van der Waals surface area contributed by atoms with E-state index in [-0.39, 0.29) is 12.5 Å². The van der Waals surface area contributed by atoms with Crippen molar-refractivity contribution >= 4 is 5.91 Å². The Morgan fingerprint density at radius 2 is 0.667 bits per heavy atom. The van der Waals surface area contributed by atoms with Crippen molar-refractivity contribution in [1.29, 1.82) is 0 Å². The summed E-state index contributed by atoms with van der Waals surface area (Å²) in [5.74, 6) is -0.0257. The molecule has 0 bridgehead atoms. The van der Waals surface area contributed by atoms with Gasteiger partial charge in [0.15, 0.2) is 0 Å². The quantitative estimate of drug-likeness (QED) is 0.0420. The Labute approximate surface area is 414 Å². The molecule has 0 aliphatic rings. The first-order valence-corrected chi connectivity index (χ1v) is 29.8. The average molecular weight is 925 g/mol. The van der Waals surface area contributed by atoms with Crippen molar-refractivity contribution in [2.45, 2.75) is 334 Å². The summed E-state index contributed by atoms with van der Waals surface area (Å²) in [5.41, 5.74) is 0. The smallest absolute Gasteiger partial charge is 0.220 e. The first-order valence-electron chi connectivity index (χ1n) is 29.8. The molecule has 1 amide bonds. The van der Waals surface area contributed by atoms with Gasteiger partial charge in [-0.3, -0.25) is 4.79 Å². The molecule has 0 saturated heterocycles. The number of hydrogen-bond acceptors (Lipinski definition) is 3. The molecule has 0 heterocycles. The van der Waals surface area contributed by atoms with Crippen molar-refractivity contribution in [2.75, 3.05) is 6.61 Å². The summed E-state index contributed by atoms with van der Waals surface area (Å²) < 4.78 is 0. The number of allylic oxidation sites excluding steroid dienone is 8. The van der Waals surface area contributed by atoms with Crippen LogP contribution in [0.15, 0.2) is 48.6 Å². The van der Waals surface area contributed by atoms with E-state index in [4.69, 9.17) is 0 Å². The molecule has 0 fully saturated rings. The van der Waals surface area contributed by atoms with E-state index in [1.54, 1.807) is 0 Å². The van der Waals surface area contributed by atoms with E-state index in [0.717, 1.165) is 51.4 Å². The lowest BCUT2D eigenvalue weighted by atomic mass is 10.0. The number of nitrogens with one attached hydrogen (secondary N) is 1. The van der Waals surface area contributed by atoms with Crippen molar-refractivity contribution in [3.8, 4) is 0 Å². The van der Waals surface area contributed by atoms with Gasteiger partial charge in [-0.25, -0.2) is 0 Å². The van der Waals surface area contributed by atoms with Crippen LogP contribution in [-0.2, 0) is 4.79 Å². The van der Waals surface area contributed by atoms with Gasteiger partial charge in [-0.1, -0.05) is 313 Å². The Morgan fingerprint density at radius 1 is 0.379 bits per heavy atom. The second kappa shape index (κ2) is 57.7. The van der Waals surface area contributed by atoms with Gasteiger partial charge in [0.05, 0.1) is 18.8 Å². The minimum absolute atomic E-state index is 0.0257. The molecule has 0 saturated carbocycles. The van der Waals surface area contributed by atoms with Crippen LogP contribution in [0.25, 0.3) is 0 Å². The predicted octanol–water partition coefficient (Wildman–Crippen LogP) is 19.8. The summed E-state index contributed by atoms with van der Waals surface area (Å²) in [6.07, 6.45) is 79.7. The van der Waals surface area contributed by atoms with Gasteiger partial charge >= 0.3 is 0 Å². The normalized spacial score (nSPS) is 13.1. The molecule has 0 spiro atoms. The van der Waals surface area contributed by atoms with Gasteiger partial charge in [0, 0.05) is 6.42 Å². The van der Waals surface area contributed by atoms with Gasteiger partial charge in [0.1, 0.15) is 0 Å². The number of unbranched alkanes of at least 4 members (excludes halogenated alkanes) is 40. The highest BCUT2D eigenvalue weighted by atomic mass is 16.3. The summed E-state index contributed by atoms with van der Waals surface area (Å²) in [6, 6.07) is -0.536. The van der Waals surface area contributed by atoms with E-state index >= 15 is 0 Å². The van der Waals surface area contributed by atoms with E-state index < -0.39 is 12.1 Å². The van der Waals surface area contributed by atoms with Crippen LogP contribution in [0.1, 0.15) is 322 Å². The van der Waals surface area contributed by atoms with E-state index in [1.807, 2.05) is 0 Å². The maximum atomic E-state index is 12.5. The van der Waals surface area contributed by atoms with Crippen LogP contribution in [0, 0.1) is 0 Å². The Hall–Kier alpha value is -1.65. The maximum absolute atomic E-state index is 12.5.